The van der Waals surface area contributed by atoms with E-state index in [0.717, 1.165) is 11.6 Å². The maximum atomic E-state index is 12.5. The largest absolute Gasteiger partial charge is 0.416 e. The predicted molar refractivity (Wildman–Crippen MR) is 119 cm³/mol. The standard InChI is InChI=1S/C11H12BrF3.C11H11Cl2N/c1-10(2,3)7-4-8(11(13,14)15)6-9(12)5-7;1-11(2,3)7-5-8(12)10(14-4)9(13)6-7/h4-6H,1-3H3;5-6H,1-3H3. The average Bonchev–Trinajstić information content (AvgIpc) is 2.52. The molecule has 29 heavy (non-hydrogen) atoms. The third-order valence-corrected chi connectivity index (χ3v) is 5.12. The van der Waals surface area contributed by atoms with E-state index in [0.29, 0.717) is 25.8 Å². The van der Waals surface area contributed by atoms with Gasteiger partial charge in [-0.05, 0) is 40.2 Å². The summed E-state index contributed by atoms with van der Waals surface area (Å²) in [5.41, 5.74) is 1.14. The number of rotatable bonds is 0. The normalized spacial score (nSPS) is 12.1. The van der Waals surface area contributed by atoms with Crippen LogP contribution in [0.15, 0.2) is 34.8 Å². The lowest BCUT2D eigenvalue weighted by molar-refractivity contribution is -0.137. The van der Waals surface area contributed by atoms with Crippen LogP contribution in [-0.2, 0) is 17.0 Å². The highest BCUT2D eigenvalue weighted by molar-refractivity contribution is 9.10. The molecule has 158 valence electrons. The fourth-order valence-electron chi connectivity index (χ4n) is 2.29. The van der Waals surface area contributed by atoms with Gasteiger partial charge in [-0.1, -0.05) is 92.8 Å². The van der Waals surface area contributed by atoms with Crippen molar-refractivity contribution in [2.45, 2.75) is 58.5 Å². The lowest BCUT2D eigenvalue weighted by Gasteiger charge is -2.21. The van der Waals surface area contributed by atoms with Crippen molar-refractivity contribution in [1.82, 2.24) is 0 Å². The molecule has 0 unspecified atom stereocenters. The molecule has 0 aliphatic rings. The molecule has 1 nitrogen and oxygen atoms in total. The summed E-state index contributed by atoms with van der Waals surface area (Å²) in [5.74, 6) is 0. The van der Waals surface area contributed by atoms with Gasteiger partial charge in [0.1, 0.15) is 0 Å². The minimum Gasteiger partial charge on any atom is -0.235 e. The lowest BCUT2D eigenvalue weighted by Crippen LogP contribution is -2.14. The van der Waals surface area contributed by atoms with Crippen LogP contribution < -0.4 is 0 Å². The Bertz CT molecular complexity index is 862. The van der Waals surface area contributed by atoms with Crippen molar-refractivity contribution in [3.63, 3.8) is 0 Å². The van der Waals surface area contributed by atoms with Gasteiger partial charge in [0.15, 0.2) is 0 Å². The van der Waals surface area contributed by atoms with E-state index >= 15 is 0 Å². The monoisotopic (exact) mass is 507 g/mol. The molecule has 0 saturated carbocycles. The Morgan fingerprint density at radius 1 is 0.759 bits per heavy atom. The van der Waals surface area contributed by atoms with Gasteiger partial charge in [-0.2, -0.15) is 13.2 Å². The Kier molecular flexibility index (Phi) is 8.27. The van der Waals surface area contributed by atoms with Gasteiger partial charge in [0.05, 0.1) is 12.1 Å². The molecule has 2 aromatic carbocycles. The summed E-state index contributed by atoms with van der Waals surface area (Å²) in [6, 6.07) is 7.62. The van der Waals surface area contributed by atoms with E-state index in [1.54, 1.807) is 18.2 Å². The van der Waals surface area contributed by atoms with Crippen molar-refractivity contribution in [1.29, 1.82) is 0 Å². The Labute approximate surface area is 189 Å². The molecule has 0 bridgehead atoms. The van der Waals surface area contributed by atoms with Gasteiger partial charge in [-0.25, -0.2) is 4.85 Å². The topological polar surface area (TPSA) is 4.36 Å². The van der Waals surface area contributed by atoms with Crippen LogP contribution in [-0.4, -0.2) is 0 Å². The van der Waals surface area contributed by atoms with Crippen LogP contribution >= 0.6 is 39.1 Å². The third kappa shape index (κ3) is 7.51. The van der Waals surface area contributed by atoms with Crippen molar-refractivity contribution in [3.05, 3.63) is 73.0 Å². The molecule has 0 aliphatic heterocycles. The van der Waals surface area contributed by atoms with E-state index in [1.165, 1.54) is 6.07 Å². The maximum absolute atomic E-state index is 12.5. The molecule has 0 atom stereocenters. The first-order valence-corrected chi connectivity index (χ1v) is 10.3. The summed E-state index contributed by atoms with van der Waals surface area (Å²) in [7, 11) is 0. The highest BCUT2D eigenvalue weighted by Gasteiger charge is 2.32. The molecule has 0 N–H and O–H groups in total. The zero-order valence-electron chi connectivity index (χ0n) is 17.1. The zero-order chi connectivity index (χ0) is 22.8. The minimum absolute atomic E-state index is 0.00611. The van der Waals surface area contributed by atoms with Crippen molar-refractivity contribution in [2.75, 3.05) is 0 Å². The molecule has 0 saturated heterocycles. The second-order valence-electron chi connectivity index (χ2n) is 8.63. The van der Waals surface area contributed by atoms with Gasteiger partial charge in [-0.3, -0.25) is 0 Å². The smallest absolute Gasteiger partial charge is 0.235 e. The molecular weight excluding hydrogens is 486 g/mol. The number of benzene rings is 2. The van der Waals surface area contributed by atoms with Crippen LogP contribution in [0.3, 0.4) is 0 Å². The zero-order valence-corrected chi connectivity index (χ0v) is 20.2. The SMILES string of the molecule is CC(C)(C)c1cc(Br)cc(C(F)(F)F)c1.[C-]#[N+]c1c(Cl)cc(C(C)(C)C)cc1Cl. The van der Waals surface area contributed by atoms with Gasteiger partial charge in [0, 0.05) is 14.5 Å². The van der Waals surface area contributed by atoms with E-state index in [2.05, 4.69) is 41.5 Å². The molecular formula is C22H23BrCl2F3N. The quantitative estimate of drug-likeness (QED) is 0.312. The van der Waals surface area contributed by atoms with Crippen LogP contribution in [0.4, 0.5) is 18.9 Å². The second kappa shape index (κ2) is 9.29. The molecule has 0 heterocycles. The average molecular weight is 509 g/mol. The van der Waals surface area contributed by atoms with E-state index < -0.39 is 11.7 Å². The first-order chi connectivity index (χ1) is 13.0. The Balaban J connectivity index is 0.000000291. The molecule has 0 amide bonds. The van der Waals surface area contributed by atoms with Gasteiger partial charge in [0.25, 0.3) is 0 Å². The molecule has 2 rings (SSSR count). The summed E-state index contributed by atoms with van der Waals surface area (Å²) >= 11 is 15.0. The van der Waals surface area contributed by atoms with E-state index in [-0.39, 0.29) is 10.8 Å². The number of alkyl halides is 3. The van der Waals surface area contributed by atoms with Crippen molar-refractivity contribution in [2.24, 2.45) is 0 Å². The first-order valence-electron chi connectivity index (χ1n) is 8.72. The Morgan fingerprint density at radius 3 is 1.48 bits per heavy atom. The van der Waals surface area contributed by atoms with Crippen LogP contribution in [0.5, 0.6) is 0 Å². The third-order valence-electron chi connectivity index (χ3n) is 4.09. The van der Waals surface area contributed by atoms with Gasteiger partial charge < -0.3 is 0 Å². The molecule has 0 spiro atoms. The molecule has 2 aromatic rings. The van der Waals surface area contributed by atoms with Crippen molar-refractivity contribution in [3.8, 4) is 0 Å². The highest BCUT2D eigenvalue weighted by atomic mass is 79.9. The van der Waals surface area contributed by atoms with Crippen LogP contribution in [0, 0.1) is 6.57 Å². The molecule has 0 radical (unpaired) electrons. The molecule has 0 aliphatic carbocycles. The van der Waals surface area contributed by atoms with Crippen LogP contribution in [0.2, 0.25) is 10.0 Å². The van der Waals surface area contributed by atoms with Gasteiger partial charge >= 0.3 is 6.18 Å². The number of nitrogens with zero attached hydrogens (tertiary/aromatic N) is 1. The van der Waals surface area contributed by atoms with Gasteiger partial charge in [-0.15, -0.1) is 0 Å². The summed E-state index contributed by atoms with van der Waals surface area (Å²) in [6.45, 7) is 18.8. The van der Waals surface area contributed by atoms with Crippen molar-refractivity contribution >= 4 is 44.8 Å². The van der Waals surface area contributed by atoms with E-state index in [1.807, 2.05) is 20.8 Å². The van der Waals surface area contributed by atoms with E-state index in [4.69, 9.17) is 29.8 Å². The fraction of sp³-hybridized carbons (Fsp3) is 0.409. The predicted octanol–water partition coefficient (Wildman–Crippen LogP) is 9.61. The highest BCUT2D eigenvalue weighted by Crippen LogP contribution is 2.38. The summed E-state index contributed by atoms with van der Waals surface area (Å²) in [6.07, 6.45) is -4.29. The van der Waals surface area contributed by atoms with Crippen molar-refractivity contribution < 1.29 is 13.2 Å². The Hall–Kier alpha value is -1.22. The van der Waals surface area contributed by atoms with Crippen LogP contribution in [0.25, 0.3) is 4.85 Å². The van der Waals surface area contributed by atoms with E-state index in [9.17, 15) is 13.2 Å². The molecule has 0 fully saturated rings. The van der Waals surface area contributed by atoms with Crippen LogP contribution in [0.1, 0.15) is 58.2 Å². The van der Waals surface area contributed by atoms with Gasteiger partial charge in [0.2, 0.25) is 5.69 Å². The summed E-state index contributed by atoms with van der Waals surface area (Å²) in [5, 5.41) is 0.856. The molecule has 7 heteroatoms. The maximum Gasteiger partial charge on any atom is 0.416 e. The number of hydrogen-bond acceptors (Lipinski definition) is 0. The minimum atomic E-state index is -4.29. The molecule has 0 aromatic heterocycles. The first kappa shape index (κ1) is 25.8. The number of halogens is 6. The summed E-state index contributed by atoms with van der Waals surface area (Å²) in [4.78, 5) is 3.28. The number of hydrogen-bond donors (Lipinski definition) is 0. The second-order valence-corrected chi connectivity index (χ2v) is 10.4. The fourth-order valence-corrected chi connectivity index (χ4v) is 3.36. The Morgan fingerprint density at radius 2 is 1.14 bits per heavy atom. The summed E-state index contributed by atoms with van der Waals surface area (Å²) < 4.78 is 38.0. The lowest BCUT2D eigenvalue weighted by atomic mass is 9.86.